The third kappa shape index (κ3) is 4.62. The topological polar surface area (TPSA) is 52.6 Å². The van der Waals surface area contributed by atoms with Gasteiger partial charge in [-0.1, -0.05) is 114 Å². The van der Waals surface area contributed by atoms with Gasteiger partial charge in [-0.25, -0.2) is 0 Å². The number of benzene rings is 4. The Morgan fingerprint density at radius 2 is 0.980 bits per heavy atom. The zero-order chi connectivity index (χ0) is 35.5. The molecule has 2 aliphatic heterocycles. The van der Waals surface area contributed by atoms with Gasteiger partial charge in [-0.15, -0.1) is 0 Å². The summed E-state index contributed by atoms with van der Waals surface area (Å²) in [6.45, 7) is 19.9. The minimum Gasteiger partial charge on any atom is -0.425 e. The smallest absolute Gasteiger partial charge is 0.323 e. The van der Waals surface area contributed by atoms with Gasteiger partial charge in [0.15, 0.2) is 0 Å². The minimum absolute atomic E-state index is 0.0750. The summed E-state index contributed by atoms with van der Waals surface area (Å²) in [7, 11) is 0. The Kier molecular flexibility index (Phi) is 7.36. The number of carbonyl (C=O) groups is 2. The Bertz CT molecular complexity index is 1960. The second kappa shape index (κ2) is 11.2. The lowest BCUT2D eigenvalue weighted by Crippen LogP contribution is -2.42. The third-order valence-electron chi connectivity index (χ3n) is 13.6. The molecule has 0 N–H and O–H groups in total. The summed E-state index contributed by atoms with van der Waals surface area (Å²) in [6, 6.07) is 22.3. The fourth-order valence-electron chi connectivity index (χ4n) is 10.0. The molecule has 4 aromatic rings. The molecule has 258 valence electrons. The number of fused-ring (bicyclic) bond motifs is 10. The molecule has 4 aromatic carbocycles. The zero-order valence-electron chi connectivity index (χ0n) is 31.2. The number of hydrogen-bond acceptors (Lipinski definition) is 4. The molecule has 2 unspecified atom stereocenters. The van der Waals surface area contributed by atoms with Crippen molar-refractivity contribution < 1.29 is 19.1 Å². The average molecular weight is 667 g/mol. The van der Waals surface area contributed by atoms with Gasteiger partial charge in [0.1, 0.15) is 23.3 Å². The van der Waals surface area contributed by atoms with Gasteiger partial charge in [-0.3, -0.25) is 9.59 Å². The van der Waals surface area contributed by atoms with Crippen molar-refractivity contribution in [1.29, 1.82) is 0 Å². The molecule has 4 nitrogen and oxygen atoms in total. The molecule has 0 radical (unpaired) electrons. The number of aryl methyl sites for hydroxylation is 4. The van der Waals surface area contributed by atoms with Crippen molar-refractivity contribution in [2.75, 3.05) is 0 Å². The van der Waals surface area contributed by atoms with Crippen LogP contribution in [0.4, 0.5) is 0 Å². The van der Waals surface area contributed by atoms with Crippen LogP contribution in [0.2, 0.25) is 0 Å². The monoisotopic (exact) mass is 666 g/mol. The van der Waals surface area contributed by atoms with E-state index in [1.54, 1.807) is 0 Å². The van der Waals surface area contributed by atoms with Gasteiger partial charge in [0.05, 0.1) is 0 Å². The van der Waals surface area contributed by atoms with E-state index in [-0.39, 0.29) is 23.3 Å². The number of rotatable bonds is 2. The maximum atomic E-state index is 14.1. The molecule has 1 saturated carbocycles. The van der Waals surface area contributed by atoms with Gasteiger partial charge in [-0.2, -0.15) is 0 Å². The van der Waals surface area contributed by atoms with Crippen LogP contribution in [0.15, 0.2) is 60.7 Å². The van der Waals surface area contributed by atoms with E-state index in [2.05, 4.69) is 123 Å². The molecule has 1 spiro atoms. The molecule has 2 heterocycles. The Morgan fingerprint density at radius 1 is 0.560 bits per heavy atom. The second-order valence-corrected chi connectivity index (χ2v) is 17.1. The van der Waals surface area contributed by atoms with Crippen LogP contribution in [0.25, 0.3) is 0 Å². The summed E-state index contributed by atoms with van der Waals surface area (Å²) in [4.78, 5) is 28.1. The van der Waals surface area contributed by atoms with Crippen molar-refractivity contribution in [3.8, 4) is 11.5 Å². The van der Waals surface area contributed by atoms with Crippen LogP contribution in [-0.4, -0.2) is 11.9 Å². The molecule has 0 saturated heterocycles. The number of hydrogen-bond donors (Lipinski definition) is 0. The highest BCUT2D eigenvalue weighted by molar-refractivity contribution is 5.92. The first-order valence-corrected chi connectivity index (χ1v) is 18.6. The van der Waals surface area contributed by atoms with Gasteiger partial charge < -0.3 is 9.47 Å². The highest BCUT2D eigenvalue weighted by Crippen LogP contribution is 2.59. The van der Waals surface area contributed by atoms with Crippen LogP contribution < -0.4 is 9.47 Å². The quantitative estimate of drug-likeness (QED) is 0.158. The molecule has 4 heteroatoms. The van der Waals surface area contributed by atoms with E-state index in [0.717, 1.165) is 92.8 Å². The molecule has 8 rings (SSSR count). The SMILES string of the molecule is Cc1ccc(C)c(C2C(=O)Oc3c2cc2cc3C(C)(C)C(C)C(C)(C)c3cc(cc4c3OC(=O)C4c3cc(C)ccc3C)C23CCCCC3)c1. The van der Waals surface area contributed by atoms with Crippen LogP contribution in [0.1, 0.15) is 145 Å². The minimum atomic E-state index is -0.471. The standard InChI is InChI=1S/C46H50O4/c1-25-13-15-27(3)32(19-25)38-34-21-30-23-36(40(34)49-42(38)47)44(6,7)29(5)45(8,9)37-24-31(46(30)17-11-10-12-18-46)22-35-39(43(48)50-41(35)37)33-20-26(2)14-16-28(33)4/h13-16,19-24,29,38-39H,10-12,17-18H2,1-9H3. The highest BCUT2D eigenvalue weighted by Gasteiger charge is 2.51. The number of carbonyl (C=O) groups excluding carboxylic acids is 2. The van der Waals surface area contributed by atoms with Crippen LogP contribution >= 0.6 is 0 Å². The summed E-state index contributed by atoms with van der Waals surface area (Å²) < 4.78 is 12.8. The van der Waals surface area contributed by atoms with E-state index in [0.29, 0.717) is 0 Å². The van der Waals surface area contributed by atoms with E-state index >= 15 is 0 Å². The fourth-order valence-corrected chi connectivity index (χ4v) is 10.0. The van der Waals surface area contributed by atoms with Gasteiger partial charge >= 0.3 is 11.9 Å². The van der Waals surface area contributed by atoms with E-state index in [4.69, 9.17) is 9.47 Å². The molecular formula is C46H50O4. The molecule has 0 amide bonds. The predicted molar refractivity (Wildman–Crippen MR) is 199 cm³/mol. The lowest BCUT2D eigenvalue weighted by atomic mass is 9.56. The number of ether oxygens (including phenoxy) is 2. The van der Waals surface area contributed by atoms with E-state index in [9.17, 15) is 9.59 Å². The van der Waals surface area contributed by atoms with Gasteiger partial charge in [-0.05, 0) is 103 Å². The molecule has 1 fully saturated rings. The Labute approximate surface area is 297 Å². The lowest BCUT2D eigenvalue weighted by molar-refractivity contribution is -0.134. The second-order valence-electron chi connectivity index (χ2n) is 17.1. The van der Waals surface area contributed by atoms with Gasteiger partial charge in [0, 0.05) is 27.7 Å². The van der Waals surface area contributed by atoms with Crippen LogP contribution in [0, 0.1) is 33.6 Å². The Morgan fingerprint density at radius 3 is 1.40 bits per heavy atom. The highest BCUT2D eigenvalue weighted by atomic mass is 16.5. The fraction of sp³-hybridized carbons (Fsp3) is 0.435. The van der Waals surface area contributed by atoms with Crippen molar-refractivity contribution in [2.24, 2.45) is 5.92 Å². The Hall–Kier alpha value is -4.18. The van der Waals surface area contributed by atoms with E-state index in [1.165, 1.54) is 17.5 Å². The Balaban J connectivity index is 1.45. The van der Waals surface area contributed by atoms with Crippen molar-refractivity contribution >= 4 is 11.9 Å². The summed E-state index contributed by atoms with van der Waals surface area (Å²) in [6.07, 6.45) is 5.45. The molecule has 50 heavy (non-hydrogen) atoms. The summed E-state index contributed by atoms with van der Waals surface area (Å²) in [5, 5.41) is 0. The molecule has 4 aliphatic rings. The zero-order valence-corrected chi connectivity index (χ0v) is 31.2. The first-order chi connectivity index (χ1) is 23.6. The van der Waals surface area contributed by atoms with Crippen molar-refractivity contribution in [3.05, 3.63) is 127 Å². The summed E-state index contributed by atoms with van der Waals surface area (Å²) in [5.74, 6) is 0.225. The first-order valence-electron chi connectivity index (χ1n) is 18.6. The third-order valence-corrected chi connectivity index (χ3v) is 13.6. The normalized spacial score (nSPS) is 24.0. The molecule has 2 atom stereocenters. The van der Waals surface area contributed by atoms with Crippen LogP contribution in [0.3, 0.4) is 0 Å². The summed E-state index contributed by atoms with van der Waals surface area (Å²) in [5.41, 5.74) is 12.2. The van der Waals surface area contributed by atoms with Crippen molar-refractivity contribution in [3.63, 3.8) is 0 Å². The largest absolute Gasteiger partial charge is 0.425 e. The van der Waals surface area contributed by atoms with Crippen molar-refractivity contribution in [2.45, 2.75) is 122 Å². The summed E-state index contributed by atoms with van der Waals surface area (Å²) >= 11 is 0. The van der Waals surface area contributed by atoms with Crippen LogP contribution in [-0.2, 0) is 25.8 Å². The molecule has 4 bridgehead atoms. The maximum Gasteiger partial charge on any atom is 0.323 e. The lowest BCUT2D eigenvalue weighted by Gasteiger charge is -2.47. The average Bonchev–Trinajstić information content (AvgIpc) is 3.60. The molecular weight excluding hydrogens is 617 g/mol. The van der Waals surface area contributed by atoms with Gasteiger partial charge in [0.2, 0.25) is 0 Å². The first kappa shape index (κ1) is 33.0. The molecule has 0 aromatic heterocycles. The van der Waals surface area contributed by atoms with Gasteiger partial charge in [0.25, 0.3) is 0 Å². The van der Waals surface area contributed by atoms with Crippen molar-refractivity contribution in [1.82, 2.24) is 0 Å². The van der Waals surface area contributed by atoms with Crippen LogP contribution in [0.5, 0.6) is 11.5 Å². The number of esters is 2. The predicted octanol–water partition coefficient (Wildman–Crippen LogP) is 10.5. The molecule has 2 aliphatic carbocycles. The maximum absolute atomic E-state index is 14.1. The van der Waals surface area contributed by atoms with E-state index < -0.39 is 22.7 Å². The van der Waals surface area contributed by atoms with E-state index in [1.807, 2.05) is 0 Å².